The van der Waals surface area contributed by atoms with Crippen LogP contribution in [0, 0.1) is 5.92 Å². The Hall–Kier alpha value is -1.96. The van der Waals surface area contributed by atoms with Crippen molar-refractivity contribution in [3.05, 3.63) is 11.7 Å². The van der Waals surface area contributed by atoms with Crippen LogP contribution in [0.1, 0.15) is 96.2 Å². The minimum atomic E-state index is -0.527. The fourth-order valence-corrected chi connectivity index (χ4v) is 4.09. The zero-order valence-corrected chi connectivity index (χ0v) is 19.0. The minimum Gasteiger partial charge on any atom is -0.460 e. The second-order valence-electron chi connectivity index (χ2n) is 9.61. The van der Waals surface area contributed by atoms with Crippen molar-refractivity contribution in [3.8, 4) is 0 Å². The number of nitrogens with two attached hydrogens (primary N) is 1. The fraction of sp³-hybridized carbons (Fsp3) is 0.818. The topological polar surface area (TPSA) is 112 Å². The van der Waals surface area contributed by atoms with E-state index >= 15 is 0 Å². The molecule has 1 aromatic heterocycles. The number of rotatable bonds is 11. The first-order chi connectivity index (χ1) is 14.1. The number of primary amides is 1. The van der Waals surface area contributed by atoms with Crippen LogP contribution in [0.4, 0.5) is 0 Å². The van der Waals surface area contributed by atoms with Gasteiger partial charge >= 0.3 is 5.97 Å². The maximum absolute atomic E-state index is 12.4. The summed E-state index contributed by atoms with van der Waals surface area (Å²) < 4.78 is 11.0. The van der Waals surface area contributed by atoms with Crippen molar-refractivity contribution in [2.24, 2.45) is 11.7 Å². The van der Waals surface area contributed by atoms with Crippen LogP contribution >= 0.6 is 0 Å². The molecule has 1 fully saturated rings. The number of hydrogen-bond acceptors (Lipinski definition) is 7. The first-order valence-corrected chi connectivity index (χ1v) is 11.1. The molecule has 1 amide bonds. The Morgan fingerprint density at radius 3 is 2.60 bits per heavy atom. The van der Waals surface area contributed by atoms with Gasteiger partial charge in [0, 0.05) is 5.92 Å². The Morgan fingerprint density at radius 1 is 1.27 bits per heavy atom. The van der Waals surface area contributed by atoms with Gasteiger partial charge in [0.1, 0.15) is 5.60 Å². The van der Waals surface area contributed by atoms with Crippen molar-refractivity contribution in [3.63, 3.8) is 0 Å². The van der Waals surface area contributed by atoms with Gasteiger partial charge in [0.25, 0.3) is 0 Å². The SMILES string of the molecule is CN(CC(N)=O)Cc1noc([C@H](CCCC2CCCCC2)CC(=O)OC(C)(C)C)n1. The summed E-state index contributed by atoms with van der Waals surface area (Å²) in [7, 11) is 1.77. The van der Waals surface area contributed by atoms with E-state index in [4.69, 9.17) is 15.0 Å². The summed E-state index contributed by atoms with van der Waals surface area (Å²) in [5, 5.41) is 4.03. The molecular formula is C22H38N4O4. The summed E-state index contributed by atoms with van der Waals surface area (Å²) in [4.78, 5) is 29.7. The summed E-state index contributed by atoms with van der Waals surface area (Å²) in [5.41, 5.74) is 4.70. The van der Waals surface area contributed by atoms with E-state index in [9.17, 15) is 9.59 Å². The van der Waals surface area contributed by atoms with E-state index in [1.165, 1.54) is 38.5 Å². The second kappa shape index (κ2) is 11.4. The highest BCUT2D eigenvalue weighted by atomic mass is 16.6. The number of likely N-dealkylation sites (N-methyl/N-ethyl adjacent to an activating group) is 1. The molecule has 170 valence electrons. The van der Waals surface area contributed by atoms with Gasteiger partial charge in [-0.15, -0.1) is 0 Å². The molecule has 1 atom stereocenters. The van der Waals surface area contributed by atoms with E-state index in [0.29, 0.717) is 18.3 Å². The van der Waals surface area contributed by atoms with Crippen molar-refractivity contribution in [1.82, 2.24) is 15.0 Å². The smallest absolute Gasteiger partial charge is 0.307 e. The van der Waals surface area contributed by atoms with Crippen LogP contribution in [0.5, 0.6) is 0 Å². The van der Waals surface area contributed by atoms with Gasteiger partial charge in [-0.2, -0.15) is 4.98 Å². The molecule has 2 rings (SSSR count). The third-order valence-corrected chi connectivity index (χ3v) is 5.39. The molecule has 1 aliphatic carbocycles. The lowest BCUT2D eigenvalue weighted by atomic mass is 9.84. The first-order valence-electron chi connectivity index (χ1n) is 11.1. The van der Waals surface area contributed by atoms with Gasteiger partial charge in [-0.3, -0.25) is 14.5 Å². The lowest BCUT2D eigenvalue weighted by molar-refractivity contribution is -0.155. The summed E-state index contributed by atoms with van der Waals surface area (Å²) in [5.74, 6) is 0.914. The van der Waals surface area contributed by atoms with Crippen LogP contribution in [0.2, 0.25) is 0 Å². The molecule has 0 aliphatic heterocycles. The zero-order chi connectivity index (χ0) is 22.1. The number of carbonyl (C=O) groups excluding carboxylic acids is 2. The molecule has 0 saturated heterocycles. The molecule has 2 N–H and O–H groups in total. The maximum atomic E-state index is 12.4. The van der Waals surface area contributed by atoms with Crippen LogP contribution in [-0.2, 0) is 20.9 Å². The molecule has 1 saturated carbocycles. The van der Waals surface area contributed by atoms with Gasteiger partial charge in [0.15, 0.2) is 5.82 Å². The monoisotopic (exact) mass is 422 g/mol. The van der Waals surface area contributed by atoms with E-state index in [0.717, 1.165) is 18.8 Å². The first kappa shape index (κ1) is 24.3. The lowest BCUT2D eigenvalue weighted by Gasteiger charge is -2.23. The summed E-state index contributed by atoms with van der Waals surface area (Å²) >= 11 is 0. The van der Waals surface area contributed by atoms with Crippen LogP contribution in [0.15, 0.2) is 4.52 Å². The minimum absolute atomic E-state index is 0.118. The van der Waals surface area contributed by atoms with Crippen LogP contribution in [0.25, 0.3) is 0 Å². The molecule has 0 aromatic carbocycles. The molecule has 0 radical (unpaired) electrons. The summed E-state index contributed by atoms with van der Waals surface area (Å²) in [6.07, 6.45) is 9.88. The average molecular weight is 423 g/mol. The standard InChI is InChI=1S/C22H38N4O4/c1-22(2,3)29-20(28)13-17(12-8-11-16-9-6-5-7-10-16)21-24-19(25-30-21)15-26(4)14-18(23)27/h16-17H,5-15H2,1-4H3,(H2,23,27)/t17-/m1/s1. The highest BCUT2D eigenvalue weighted by Crippen LogP contribution is 2.31. The van der Waals surface area contributed by atoms with Crippen molar-refractivity contribution < 1.29 is 18.8 Å². The number of ether oxygens (including phenoxy) is 1. The van der Waals surface area contributed by atoms with Gasteiger partial charge in [0.2, 0.25) is 11.8 Å². The van der Waals surface area contributed by atoms with Gasteiger partial charge in [-0.25, -0.2) is 0 Å². The average Bonchev–Trinajstić information content (AvgIpc) is 3.07. The highest BCUT2D eigenvalue weighted by molar-refractivity contribution is 5.75. The number of esters is 1. The lowest BCUT2D eigenvalue weighted by Crippen LogP contribution is -2.30. The predicted molar refractivity (Wildman–Crippen MR) is 113 cm³/mol. The maximum Gasteiger partial charge on any atom is 0.307 e. The van der Waals surface area contributed by atoms with Crippen molar-refractivity contribution >= 4 is 11.9 Å². The number of aromatic nitrogens is 2. The van der Waals surface area contributed by atoms with Crippen molar-refractivity contribution in [2.45, 2.75) is 96.6 Å². The molecular weight excluding hydrogens is 384 g/mol. The number of hydrogen-bond donors (Lipinski definition) is 1. The fourth-order valence-electron chi connectivity index (χ4n) is 4.09. The van der Waals surface area contributed by atoms with E-state index in [2.05, 4.69) is 10.1 Å². The molecule has 1 heterocycles. The summed E-state index contributed by atoms with van der Waals surface area (Å²) in [6.45, 7) is 6.06. The van der Waals surface area contributed by atoms with Crippen molar-refractivity contribution in [1.29, 1.82) is 0 Å². The largest absolute Gasteiger partial charge is 0.460 e. The quantitative estimate of drug-likeness (QED) is 0.543. The van der Waals surface area contributed by atoms with Gasteiger partial charge in [-0.1, -0.05) is 50.1 Å². The van der Waals surface area contributed by atoms with Crippen molar-refractivity contribution in [2.75, 3.05) is 13.6 Å². The Balaban J connectivity index is 1.98. The van der Waals surface area contributed by atoms with Crippen LogP contribution < -0.4 is 5.73 Å². The highest BCUT2D eigenvalue weighted by Gasteiger charge is 2.26. The molecule has 1 aliphatic rings. The third-order valence-electron chi connectivity index (χ3n) is 5.39. The molecule has 1 aromatic rings. The predicted octanol–water partition coefficient (Wildman–Crippen LogP) is 3.55. The van der Waals surface area contributed by atoms with Crippen LogP contribution in [0.3, 0.4) is 0 Å². The molecule has 0 unspecified atom stereocenters. The van der Waals surface area contributed by atoms with Gasteiger partial charge in [-0.05, 0) is 40.2 Å². The zero-order valence-electron chi connectivity index (χ0n) is 19.0. The Morgan fingerprint density at radius 2 is 1.97 bits per heavy atom. The number of amides is 1. The Bertz CT molecular complexity index is 677. The second-order valence-corrected chi connectivity index (χ2v) is 9.61. The van der Waals surface area contributed by atoms with E-state index < -0.39 is 11.5 Å². The molecule has 0 bridgehead atoms. The normalized spacial score (nSPS) is 16.6. The molecule has 8 heteroatoms. The number of nitrogens with zero attached hydrogens (tertiary/aromatic N) is 3. The Kier molecular flexibility index (Phi) is 9.27. The molecule has 8 nitrogen and oxygen atoms in total. The molecule has 0 spiro atoms. The number of carbonyl (C=O) groups is 2. The van der Waals surface area contributed by atoms with E-state index in [-0.39, 0.29) is 24.9 Å². The summed E-state index contributed by atoms with van der Waals surface area (Å²) in [6, 6.07) is 0. The van der Waals surface area contributed by atoms with E-state index in [1.807, 2.05) is 20.8 Å². The van der Waals surface area contributed by atoms with Crippen LogP contribution in [-0.4, -0.2) is 46.1 Å². The van der Waals surface area contributed by atoms with E-state index in [1.54, 1.807) is 11.9 Å². The third kappa shape index (κ3) is 9.24. The molecule has 30 heavy (non-hydrogen) atoms. The van der Waals surface area contributed by atoms with Gasteiger partial charge in [0.05, 0.1) is 19.5 Å². The Labute approximate surface area is 179 Å². The van der Waals surface area contributed by atoms with Gasteiger partial charge < -0.3 is 15.0 Å².